The third kappa shape index (κ3) is 5.21. The van der Waals surface area contributed by atoms with Crippen molar-refractivity contribution in [1.82, 2.24) is 0 Å². The van der Waals surface area contributed by atoms with E-state index >= 15 is 0 Å². The minimum absolute atomic E-state index is 0.190. The fourth-order valence-electron chi connectivity index (χ4n) is 1.77. The first-order chi connectivity index (χ1) is 7.22. The zero-order valence-electron chi connectivity index (χ0n) is 9.16. The number of esters is 1. The second-order valence-corrected chi connectivity index (χ2v) is 4.89. The molecule has 1 saturated heterocycles. The van der Waals surface area contributed by atoms with Gasteiger partial charge in [0, 0.05) is 6.42 Å². The number of hydrogen-bond acceptors (Lipinski definition) is 4. The van der Waals surface area contributed by atoms with E-state index in [-0.39, 0.29) is 11.8 Å². The van der Waals surface area contributed by atoms with E-state index in [2.05, 4.69) is 6.92 Å². The van der Waals surface area contributed by atoms with Crippen molar-refractivity contribution in [3.05, 3.63) is 0 Å². The number of hydrogen-bond donors (Lipinski definition) is 0. The van der Waals surface area contributed by atoms with Gasteiger partial charge in [0.05, 0.1) is 18.1 Å². The highest BCUT2D eigenvalue weighted by molar-refractivity contribution is 8.00. The molecule has 0 aromatic carbocycles. The standard InChI is InChI=1S/C11H18O3S/c1-2-3-9-4-5-14-11(13)8-15-7-10(12)6-9/h9H,2-8H2,1H3/t9-/m1/s1. The van der Waals surface area contributed by atoms with Crippen LogP contribution in [-0.4, -0.2) is 29.9 Å². The van der Waals surface area contributed by atoms with Crippen molar-refractivity contribution in [2.24, 2.45) is 5.92 Å². The molecule has 0 spiro atoms. The molecule has 4 heteroatoms. The van der Waals surface area contributed by atoms with Gasteiger partial charge in [-0.1, -0.05) is 19.8 Å². The number of carbonyl (C=O) groups is 2. The molecule has 1 aliphatic rings. The molecule has 0 aromatic rings. The van der Waals surface area contributed by atoms with Crippen LogP contribution in [0, 0.1) is 5.92 Å². The number of ether oxygens (including phenoxy) is 1. The molecule has 0 unspecified atom stereocenters. The Bertz CT molecular complexity index is 228. The Morgan fingerprint density at radius 3 is 2.93 bits per heavy atom. The lowest BCUT2D eigenvalue weighted by Crippen LogP contribution is -2.18. The molecule has 1 atom stereocenters. The van der Waals surface area contributed by atoms with E-state index in [4.69, 9.17) is 4.74 Å². The summed E-state index contributed by atoms with van der Waals surface area (Å²) in [6.45, 7) is 2.58. The minimum Gasteiger partial charge on any atom is -0.465 e. The van der Waals surface area contributed by atoms with Gasteiger partial charge in [0.2, 0.25) is 0 Å². The molecular formula is C11H18O3S. The van der Waals surface area contributed by atoms with Gasteiger partial charge >= 0.3 is 5.97 Å². The lowest BCUT2D eigenvalue weighted by Gasteiger charge is -2.16. The monoisotopic (exact) mass is 230 g/mol. The van der Waals surface area contributed by atoms with Crippen LogP contribution in [0.25, 0.3) is 0 Å². The molecular weight excluding hydrogens is 212 g/mol. The molecule has 0 bridgehead atoms. The van der Waals surface area contributed by atoms with E-state index in [0.29, 0.717) is 30.5 Å². The van der Waals surface area contributed by atoms with E-state index in [9.17, 15) is 9.59 Å². The highest BCUT2D eigenvalue weighted by Gasteiger charge is 2.16. The summed E-state index contributed by atoms with van der Waals surface area (Å²) in [4.78, 5) is 22.6. The van der Waals surface area contributed by atoms with Crippen molar-refractivity contribution in [3.8, 4) is 0 Å². The van der Waals surface area contributed by atoms with Crippen LogP contribution in [-0.2, 0) is 14.3 Å². The van der Waals surface area contributed by atoms with Gasteiger partial charge in [-0.2, -0.15) is 0 Å². The van der Waals surface area contributed by atoms with Crippen LogP contribution in [0.4, 0.5) is 0 Å². The molecule has 0 N–H and O–H groups in total. The van der Waals surface area contributed by atoms with Crippen LogP contribution in [0.2, 0.25) is 0 Å². The number of thioether (sulfide) groups is 1. The number of cyclic esters (lactones) is 1. The average Bonchev–Trinajstić information content (AvgIpc) is 2.17. The van der Waals surface area contributed by atoms with Crippen LogP contribution in [0.15, 0.2) is 0 Å². The van der Waals surface area contributed by atoms with Crippen molar-refractivity contribution < 1.29 is 14.3 Å². The van der Waals surface area contributed by atoms with Crippen LogP contribution in [0.5, 0.6) is 0 Å². The van der Waals surface area contributed by atoms with Crippen LogP contribution in [0.3, 0.4) is 0 Å². The third-order valence-electron chi connectivity index (χ3n) is 2.49. The Hall–Kier alpha value is -0.510. The van der Waals surface area contributed by atoms with E-state index in [1.807, 2.05) is 0 Å². The summed E-state index contributed by atoms with van der Waals surface area (Å²) in [5.74, 6) is 1.24. The molecule has 1 heterocycles. The number of ketones is 1. The maximum Gasteiger partial charge on any atom is 0.315 e. The van der Waals surface area contributed by atoms with Crippen molar-refractivity contribution in [2.75, 3.05) is 18.1 Å². The van der Waals surface area contributed by atoms with Crippen LogP contribution >= 0.6 is 11.8 Å². The first kappa shape index (κ1) is 12.6. The molecule has 0 amide bonds. The lowest BCUT2D eigenvalue weighted by molar-refractivity contribution is -0.140. The van der Waals surface area contributed by atoms with E-state index in [1.54, 1.807) is 0 Å². The molecule has 0 saturated carbocycles. The summed E-state index contributed by atoms with van der Waals surface area (Å²) in [5, 5.41) is 0. The highest BCUT2D eigenvalue weighted by atomic mass is 32.2. The Balaban J connectivity index is 2.45. The second-order valence-electron chi connectivity index (χ2n) is 3.90. The third-order valence-corrected chi connectivity index (χ3v) is 3.45. The summed E-state index contributed by atoms with van der Waals surface area (Å²) in [5.41, 5.74) is 0. The van der Waals surface area contributed by atoms with Crippen molar-refractivity contribution in [2.45, 2.75) is 32.6 Å². The summed E-state index contributed by atoms with van der Waals surface area (Å²) in [6.07, 6.45) is 3.61. The summed E-state index contributed by atoms with van der Waals surface area (Å²) in [7, 11) is 0. The Morgan fingerprint density at radius 1 is 1.40 bits per heavy atom. The number of Topliss-reactive ketones (excluding diaryl/α,β-unsaturated/α-hetero) is 1. The SMILES string of the molecule is CCC[C@@H]1CCOC(=O)CSCC(=O)C1. The number of carbonyl (C=O) groups excluding carboxylic acids is 2. The largest absolute Gasteiger partial charge is 0.465 e. The van der Waals surface area contributed by atoms with Crippen molar-refractivity contribution in [3.63, 3.8) is 0 Å². The first-order valence-electron chi connectivity index (χ1n) is 5.47. The summed E-state index contributed by atoms with van der Waals surface area (Å²) in [6, 6.07) is 0. The summed E-state index contributed by atoms with van der Waals surface area (Å²) < 4.78 is 5.06. The second kappa shape index (κ2) is 6.88. The molecule has 1 aliphatic heterocycles. The Morgan fingerprint density at radius 2 is 2.20 bits per heavy atom. The summed E-state index contributed by atoms with van der Waals surface area (Å²) >= 11 is 1.36. The molecule has 1 fully saturated rings. The van der Waals surface area contributed by atoms with Gasteiger partial charge < -0.3 is 4.74 Å². The first-order valence-corrected chi connectivity index (χ1v) is 6.63. The fourth-order valence-corrected chi connectivity index (χ4v) is 2.46. The zero-order chi connectivity index (χ0) is 11.1. The van der Waals surface area contributed by atoms with Gasteiger partial charge in [-0.25, -0.2) is 0 Å². The molecule has 0 aliphatic carbocycles. The van der Waals surface area contributed by atoms with Gasteiger partial charge in [0.1, 0.15) is 5.78 Å². The molecule has 15 heavy (non-hydrogen) atoms. The van der Waals surface area contributed by atoms with Gasteiger partial charge in [0.15, 0.2) is 0 Å². The quantitative estimate of drug-likeness (QED) is 0.681. The highest BCUT2D eigenvalue weighted by Crippen LogP contribution is 2.19. The average molecular weight is 230 g/mol. The zero-order valence-corrected chi connectivity index (χ0v) is 9.98. The van der Waals surface area contributed by atoms with Gasteiger partial charge in [-0.05, 0) is 12.3 Å². The predicted octanol–water partition coefficient (Wildman–Crippen LogP) is 2.04. The van der Waals surface area contributed by atoms with E-state index in [0.717, 1.165) is 19.3 Å². The Kier molecular flexibility index (Phi) is 5.76. The van der Waals surface area contributed by atoms with Crippen LogP contribution < -0.4 is 0 Å². The minimum atomic E-state index is -0.190. The molecule has 0 aromatic heterocycles. The van der Waals surface area contributed by atoms with E-state index in [1.165, 1.54) is 11.8 Å². The molecule has 1 rings (SSSR count). The maximum atomic E-state index is 11.5. The van der Waals surface area contributed by atoms with Gasteiger partial charge in [-0.15, -0.1) is 11.8 Å². The smallest absolute Gasteiger partial charge is 0.315 e. The van der Waals surface area contributed by atoms with Gasteiger partial charge in [-0.3, -0.25) is 9.59 Å². The lowest BCUT2D eigenvalue weighted by atomic mass is 9.95. The topological polar surface area (TPSA) is 43.4 Å². The molecule has 3 nitrogen and oxygen atoms in total. The maximum absolute atomic E-state index is 11.5. The number of rotatable bonds is 2. The normalized spacial score (nSPS) is 24.7. The molecule has 86 valence electrons. The fraction of sp³-hybridized carbons (Fsp3) is 0.818. The predicted molar refractivity (Wildman–Crippen MR) is 60.9 cm³/mol. The Labute approximate surface area is 94.9 Å². The van der Waals surface area contributed by atoms with Crippen molar-refractivity contribution >= 4 is 23.5 Å². The van der Waals surface area contributed by atoms with Crippen LogP contribution in [0.1, 0.15) is 32.6 Å². The van der Waals surface area contributed by atoms with Gasteiger partial charge in [0.25, 0.3) is 0 Å². The molecule has 0 radical (unpaired) electrons. The van der Waals surface area contributed by atoms with Crippen molar-refractivity contribution in [1.29, 1.82) is 0 Å². The van der Waals surface area contributed by atoms with E-state index < -0.39 is 0 Å².